The summed E-state index contributed by atoms with van der Waals surface area (Å²) >= 11 is 5.87. The minimum Gasteiger partial charge on any atom is -0.452 e. The summed E-state index contributed by atoms with van der Waals surface area (Å²) in [7, 11) is -1.14. The highest BCUT2D eigenvalue weighted by Crippen LogP contribution is 2.20. The van der Waals surface area contributed by atoms with Crippen LogP contribution < -0.4 is 5.32 Å². The first-order valence-electron chi connectivity index (χ1n) is 7.01. The van der Waals surface area contributed by atoms with Gasteiger partial charge in [0.15, 0.2) is 6.61 Å². The zero-order valence-electron chi connectivity index (χ0n) is 13.1. The van der Waals surface area contributed by atoms with Crippen molar-refractivity contribution < 1.29 is 18.5 Å². The maximum absolute atomic E-state index is 11.9. The molecule has 0 saturated heterocycles. The number of hydrogen-bond acceptors (Lipinski definition) is 5. The molecule has 2 aromatic carbocycles. The fourth-order valence-corrected chi connectivity index (χ4v) is 2.62. The van der Waals surface area contributed by atoms with Crippen LogP contribution in [-0.4, -0.2) is 28.9 Å². The molecule has 0 radical (unpaired) electrons. The summed E-state index contributed by atoms with van der Waals surface area (Å²) < 4.78 is 16.2. The number of halogens is 1. The van der Waals surface area contributed by atoms with Crippen LogP contribution in [0.2, 0.25) is 5.02 Å². The van der Waals surface area contributed by atoms with Crippen LogP contribution in [-0.2, 0) is 20.3 Å². The molecule has 0 aliphatic carbocycles. The van der Waals surface area contributed by atoms with Crippen molar-refractivity contribution in [3.8, 4) is 6.07 Å². The van der Waals surface area contributed by atoms with Crippen molar-refractivity contribution in [2.75, 3.05) is 18.2 Å². The van der Waals surface area contributed by atoms with E-state index in [9.17, 15) is 13.8 Å². The molecule has 0 heterocycles. The molecule has 2 aromatic rings. The van der Waals surface area contributed by atoms with E-state index < -0.39 is 29.3 Å². The number of nitrogens with one attached hydrogen (secondary N) is 1. The maximum Gasteiger partial charge on any atom is 0.338 e. The van der Waals surface area contributed by atoms with E-state index in [4.69, 9.17) is 21.6 Å². The molecule has 1 N–H and O–H groups in total. The molecule has 0 bridgehead atoms. The van der Waals surface area contributed by atoms with E-state index in [2.05, 4.69) is 5.32 Å². The first-order chi connectivity index (χ1) is 11.9. The topological polar surface area (TPSA) is 96.3 Å². The van der Waals surface area contributed by atoms with E-state index in [0.29, 0.717) is 16.1 Å². The Morgan fingerprint density at radius 1 is 1.24 bits per heavy atom. The highest BCUT2D eigenvalue weighted by atomic mass is 35.5. The third kappa shape index (κ3) is 5.14. The number of amides is 1. The molecule has 6 nitrogen and oxygen atoms in total. The SMILES string of the molecule is CS(=O)c1ccc(C(=O)OCC(=O)Nc2ccc(C#N)c(Cl)c2)cc1. The van der Waals surface area contributed by atoms with Crippen LogP contribution >= 0.6 is 11.6 Å². The van der Waals surface area contributed by atoms with Crippen molar-refractivity contribution in [2.45, 2.75) is 4.90 Å². The van der Waals surface area contributed by atoms with E-state index in [1.807, 2.05) is 6.07 Å². The molecule has 0 spiro atoms. The van der Waals surface area contributed by atoms with Crippen molar-refractivity contribution in [3.63, 3.8) is 0 Å². The Balaban J connectivity index is 1.91. The highest BCUT2D eigenvalue weighted by molar-refractivity contribution is 7.84. The van der Waals surface area contributed by atoms with Gasteiger partial charge < -0.3 is 10.1 Å². The smallest absolute Gasteiger partial charge is 0.338 e. The Labute approximate surface area is 151 Å². The van der Waals surface area contributed by atoms with Gasteiger partial charge in [-0.2, -0.15) is 5.26 Å². The maximum atomic E-state index is 11.9. The van der Waals surface area contributed by atoms with Crippen molar-refractivity contribution in [3.05, 3.63) is 58.6 Å². The molecule has 1 amide bonds. The summed E-state index contributed by atoms with van der Waals surface area (Å²) in [5, 5.41) is 11.5. The molecule has 2 rings (SSSR count). The number of esters is 1. The second-order valence-electron chi connectivity index (χ2n) is 4.91. The molecule has 0 aliphatic rings. The molecule has 0 fully saturated rings. The van der Waals surface area contributed by atoms with Crippen molar-refractivity contribution in [1.82, 2.24) is 0 Å². The Hall–Kier alpha value is -2.69. The van der Waals surface area contributed by atoms with Gasteiger partial charge in [0.1, 0.15) is 6.07 Å². The lowest BCUT2D eigenvalue weighted by atomic mass is 10.2. The molecule has 1 atom stereocenters. The predicted octanol–water partition coefficient (Wildman–Crippen LogP) is 2.74. The standard InChI is InChI=1S/C17H13ClN2O4S/c1-25(23)14-6-3-11(4-7-14)17(22)24-10-16(21)20-13-5-2-12(9-19)15(18)8-13/h2-8H,10H2,1H3,(H,20,21). The average Bonchev–Trinajstić information content (AvgIpc) is 2.60. The quantitative estimate of drug-likeness (QED) is 0.809. The summed E-state index contributed by atoms with van der Waals surface area (Å²) in [5.74, 6) is -1.21. The van der Waals surface area contributed by atoms with E-state index in [-0.39, 0.29) is 10.6 Å². The molecular weight excluding hydrogens is 364 g/mol. The fourth-order valence-electron chi connectivity index (χ4n) is 1.88. The van der Waals surface area contributed by atoms with Gasteiger partial charge in [-0.05, 0) is 42.5 Å². The van der Waals surface area contributed by atoms with Crippen LogP contribution in [0.5, 0.6) is 0 Å². The monoisotopic (exact) mass is 376 g/mol. The van der Waals surface area contributed by atoms with Gasteiger partial charge in [0.2, 0.25) is 0 Å². The summed E-state index contributed by atoms with van der Waals surface area (Å²) in [6, 6.07) is 12.4. The molecule has 0 aliphatic heterocycles. The Kier molecular flexibility index (Phi) is 6.28. The third-order valence-corrected chi connectivity index (χ3v) is 4.38. The first kappa shape index (κ1) is 18.6. The van der Waals surface area contributed by atoms with Gasteiger partial charge in [0.05, 0.1) is 16.1 Å². The van der Waals surface area contributed by atoms with Gasteiger partial charge in [-0.25, -0.2) is 4.79 Å². The zero-order chi connectivity index (χ0) is 18.4. The number of carbonyl (C=O) groups excluding carboxylic acids is 2. The van der Waals surface area contributed by atoms with Crippen LogP contribution in [0.3, 0.4) is 0 Å². The predicted molar refractivity (Wildman–Crippen MR) is 93.9 cm³/mol. The number of hydrogen-bond donors (Lipinski definition) is 1. The second kappa shape index (κ2) is 8.42. The molecule has 128 valence electrons. The van der Waals surface area contributed by atoms with Gasteiger partial charge in [-0.3, -0.25) is 9.00 Å². The van der Waals surface area contributed by atoms with Crippen LogP contribution in [0.1, 0.15) is 15.9 Å². The summed E-state index contributed by atoms with van der Waals surface area (Å²) in [6.45, 7) is -0.474. The van der Waals surface area contributed by atoms with Crippen LogP contribution in [0.15, 0.2) is 47.4 Å². The van der Waals surface area contributed by atoms with Gasteiger partial charge in [0, 0.05) is 27.6 Å². The number of anilines is 1. The summed E-state index contributed by atoms with van der Waals surface area (Å²) in [6.07, 6.45) is 1.53. The van der Waals surface area contributed by atoms with Crippen LogP contribution in [0, 0.1) is 11.3 Å². The lowest BCUT2D eigenvalue weighted by molar-refractivity contribution is -0.119. The van der Waals surface area contributed by atoms with Gasteiger partial charge in [0.25, 0.3) is 5.91 Å². The molecule has 0 aromatic heterocycles. The molecule has 25 heavy (non-hydrogen) atoms. The molecule has 8 heteroatoms. The molecule has 1 unspecified atom stereocenters. The number of nitriles is 1. The molecule has 0 saturated carbocycles. The number of rotatable bonds is 5. The Morgan fingerprint density at radius 2 is 1.92 bits per heavy atom. The highest BCUT2D eigenvalue weighted by Gasteiger charge is 2.11. The summed E-state index contributed by atoms with van der Waals surface area (Å²) in [4.78, 5) is 24.3. The minimum absolute atomic E-state index is 0.214. The lowest BCUT2D eigenvalue weighted by Crippen LogP contribution is -2.21. The average molecular weight is 377 g/mol. The lowest BCUT2D eigenvalue weighted by Gasteiger charge is -2.07. The van der Waals surface area contributed by atoms with Crippen molar-refractivity contribution in [2.24, 2.45) is 0 Å². The number of carbonyl (C=O) groups is 2. The fraction of sp³-hybridized carbons (Fsp3) is 0.118. The van der Waals surface area contributed by atoms with Gasteiger partial charge in [-0.15, -0.1) is 0 Å². The Bertz CT molecular complexity index is 875. The van der Waals surface area contributed by atoms with Crippen molar-refractivity contribution >= 4 is 40.0 Å². The van der Waals surface area contributed by atoms with Crippen LogP contribution in [0.25, 0.3) is 0 Å². The van der Waals surface area contributed by atoms with Gasteiger partial charge in [-0.1, -0.05) is 11.6 Å². The third-order valence-electron chi connectivity index (χ3n) is 3.13. The van der Waals surface area contributed by atoms with Crippen molar-refractivity contribution in [1.29, 1.82) is 5.26 Å². The number of ether oxygens (including phenoxy) is 1. The zero-order valence-corrected chi connectivity index (χ0v) is 14.7. The van der Waals surface area contributed by atoms with E-state index in [1.54, 1.807) is 12.1 Å². The first-order valence-corrected chi connectivity index (χ1v) is 8.94. The van der Waals surface area contributed by atoms with E-state index in [1.165, 1.54) is 36.6 Å². The minimum atomic E-state index is -1.14. The van der Waals surface area contributed by atoms with E-state index in [0.717, 1.165) is 0 Å². The second-order valence-corrected chi connectivity index (χ2v) is 6.70. The van der Waals surface area contributed by atoms with E-state index >= 15 is 0 Å². The van der Waals surface area contributed by atoms with Crippen LogP contribution in [0.4, 0.5) is 5.69 Å². The number of nitrogens with zero attached hydrogens (tertiary/aromatic N) is 1. The Morgan fingerprint density at radius 3 is 2.48 bits per heavy atom. The van der Waals surface area contributed by atoms with Gasteiger partial charge >= 0.3 is 5.97 Å². The number of benzene rings is 2. The normalized spacial score (nSPS) is 11.2. The largest absolute Gasteiger partial charge is 0.452 e. The summed E-state index contributed by atoms with van der Waals surface area (Å²) in [5.41, 5.74) is 0.936. The molecular formula is C17H13ClN2O4S.